The van der Waals surface area contributed by atoms with Crippen molar-refractivity contribution in [2.45, 2.75) is 19.8 Å². The third-order valence-corrected chi connectivity index (χ3v) is 3.09. The van der Waals surface area contributed by atoms with Crippen molar-refractivity contribution in [1.82, 2.24) is 0 Å². The van der Waals surface area contributed by atoms with Crippen LogP contribution in [0.25, 0.3) is 0 Å². The maximum Gasteiger partial charge on any atom is 0.101 e. The molecule has 1 aliphatic rings. The van der Waals surface area contributed by atoms with E-state index in [0.717, 1.165) is 29.6 Å². The topological polar surface area (TPSA) is 35.8 Å². The number of rotatable bonds is 4. The lowest BCUT2D eigenvalue weighted by Crippen LogP contribution is -2.13. The Morgan fingerprint density at radius 1 is 1.47 bits per heavy atom. The fourth-order valence-electron chi connectivity index (χ4n) is 1.84. The highest BCUT2D eigenvalue weighted by atomic mass is 14.9. The van der Waals surface area contributed by atoms with Gasteiger partial charge in [-0.05, 0) is 36.8 Å². The average molecular weight is 200 g/mol. The van der Waals surface area contributed by atoms with Gasteiger partial charge in [-0.25, -0.2) is 0 Å². The van der Waals surface area contributed by atoms with Crippen molar-refractivity contribution in [2.75, 3.05) is 11.9 Å². The fraction of sp³-hybridized carbons (Fsp3) is 0.462. The van der Waals surface area contributed by atoms with E-state index < -0.39 is 0 Å². The lowest BCUT2D eigenvalue weighted by molar-refractivity contribution is 0.536. The third kappa shape index (κ3) is 2.50. The molecule has 1 saturated carbocycles. The van der Waals surface area contributed by atoms with Gasteiger partial charge >= 0.3 is 0 Å². The van der Waals surface area contributed by atoms with Crippen LogP contribution in [0, 0.1) is 23.2 Å². The molecule has 1 aromatic rings. The highest BCUT2D eigenvalue weighted by molar-refractivity contribution is 5.57. The second kappa shape index (κ2) is 4.35. The van der Waals surface area contributed by atoms with Gasteiger partial charge in [-0.1, -0.05) is 19.1 Å². The summed E-state index contributed by atoms with van der Waals surface area (Å²) in [6.45, 7) is 3.25. The fourth-order valence-corrected chi connectivity index (χ4v) is 1.84. The monoisotopic (exact) mass is 200 g/mol. The first-order valence-electron chi connectivity index (χ1n) is 5.54. The molecular weight excluding hydrogens is 184 g/mol. The average Bonchev–Trinajstić information content (AvgIpc) is 3.10. The van der Waals surface area contributed by atoms with Gasteiger partial charge in [0, 0.05) is 6.54 Å². The van der Waals surface area contributed by atoms with Crippen molar-refractivity contribution in [3.63, 3.8) is 0 Å². The van der Waals surface area contributed by atoms with Crippen molar-refractivity contribution in [2.24, 2.45) is 11.8 Å². The van der Waals surface area contributed by atoms with Crippen LogP contribution in [0.2, 0.25) is 0 Å². The summed E-state index contributed by atoms with van der Waals surface area (Å²) >= 11 is 0. The van der Waals surface area contributed by atoms with Gasteiger partial charge in [-0.2, -0.15) is 5.26 Å². The first kappa shape index (κ1) is 10.0. The zero-order chi connectivity index (χ0) is 10.7. The van der Waals surface area contributed by atoms with E-state index in [9.17, 15) is 0 Å². The number of hydrogen-bond acceptors (Lipinski definition) is 2. The Kier molecular flexibility index (Phi) is 2.91. The van der Waals surface area contributed by atoms with E-state index in [1.807, 2.05) is 24.3 Å². The molecule has 1 unspecified atom stereocenters. The smallest absolute Gasteiger partial charge is 0.101 e. The molecule has 78 valence electrons. The number of para-hydroxylation sites is 1. The summed E-state index contributed by atoms with van der Waals surface area (Å²) in [4.78, 5) is 0. The standard InChI is InChI=1S/C13H16N2/c1-10(11-6-7-11)9-15-13-5-3-2-4-12(13)8-14/h2-5,10-11,15H,6-7,9H2,1H3. The van der Waals surface area contributed by atoms with E-state index in [1.165, 1.54) is 12.8 Å². The molecule has 0 heterocycles. The molecule has 0 spiro atoms. The number of anilines is 1. The maximum atomic E-state index is 8.92. The van der Waals surface area contributed by atoms with E-state index in [-0.39, 0.29) is 0 Å². The molecule has 0 aromatic heterocycles. The molecule has 2 rings (SSSR count). The summed E-state index contributed by atoms with van der Waals surface area (Å²) in [5.74, 6) is 1.63. The molecule has 2 heteroatoms. The van der Waals surface area contributed by atoms with Gasteiger partial charge in [0.25, 0.3) is 0 Å². The Balaban J connectivity index is 1.95. The highest BCUT2D eigenvalue weighted by Gasteiger charge is 2.27. The summed E-state index contributed by atoms with van der Waals surface area (Å²) in [6.07, 6.45) is 2.76. The van der Waals surface area contributed by atoms with Crippen LogP contribution in [-0.4, -0.2) is 6.54 Å². The lowest BCUT2D eigenvalue weighted by atomic mass is 10.1. The van der Waals surface area contributed by atoms with Crippen LogP contribution in [0.5, 0.6) is 0 Å². The minimum absolute atomic E-state index is 0.719. The maximum absolute atomic E-state index is 8.92. The van der Waals surface area contributed by atoms with Crippen LogP contribution in [0.3, 0.4) is 0 Å². The number of nitriles is 1. The van der Waals surface area contributed by atoms with Crippen LogP contribution in [-0.2, 0) is 0 Å². The van der Waals surface area contributed by atoms with Crippen molar-refractivity contribution >= 4 is 5.69 Å². The molecule has 0 bridgehead atoms. The number of benzene rings is 1. The van der Waals surface area contributed by atoms with Gasteiger partial charge in [0.15, 0.2) is 0 Å². The van der Waals surface area contributed by atoms with E-state index in [4.69, 9.17) is 5.26 Å². The van der Waals surface area contributed by atoms with Gasteiger partial charge in [0.1, 0.15) is 6.07 Å². The minimum atomic E-state index is 0.719. The van der Waals surface area contributed by atoms with E-state index in [2.05, 4.69) is 18.3 Å². The summed E-state index contributed by atoms with van der Waals surface area (Å²) in [6, 6.07) is 9.88. The molecule has 15 heavy (non-hydrogen) atoms. The quantitative estimate of drug-likeness (QED) is 0.811. The predicted molar refractivity (Wildman–Crippen MR) is 61.5 cm³/mol. The van der Waals surface area contributed by atoms with Crippen LogP contribution in [0.4, 0.5) is 5.69 Å². The van der Waals surface area contributed by atoms with E-state index in [1.54, 1.807) is 0 Å². The molecule has 1 aliphatic carbocycles. The van der Waals surface area contributed by atoms with Crippen molar-refractivity contribution in [1.29, 1.82) is 5.26 Å². The zero-order valence-corrected chi connectivity index (χ0v) is 9.03. The first-order chi connectivity index (χ1) is 7.31. The van der Waals surface area contributed by atoms with Gasteiger partial charge in [-0.15, -0.1) is 0 Å². The molecule has 0 radical (unpaired) electrons. The Morgan fingerprint density at radius 3 is 2.87 bits per heavy atom. The molecule has 0 amide bonds. The molecule has 1 fully saturated rings. The van der Waals surface area contributed by atoms with Crippen molar-refractivity contribution < 1.29 is 0 Å². The van der Waals surface area contributed by atoms with Crippen LogP contribution in [0.15, 0.2) is 24.3 Å². The summed E-state index contributed by atoms with van der Waals surface area (Å²) in [5.41, 5.74) is 1.70. The molecule has 1 aromatic carbocycles. The summed E-state index contributed by atoms with van der Waals surface area (Å²) in [7, 11) is 0. The SMILES string of the molecule is CC(CNc1ccccc1C#N)C1CC1. The minimum Gasteiger partial charge on any atom is -0.384 e. The van der Waals surface area contributed by atoms with Gasteiger partial charge in [0.05, 0.1) is 11.3 Å². The molecule has 2 nitrogen and oxygen atoms in total. The van der Waals surface area contributed by atoms with Crippen LogP contribution in [0.1, 0.15) is 25.3 Å². The Hall–Kier alpha value is -1.49. The third-order valence-electron chi connectivity index (χ3n) is 3.09. The Bertz CT molecular complexity index is 374. The second-order valence-electron chi connectivity index (χ2n) is 4.35. The molecule has 1 N–H and O–H groups in total. The largest absolute Gasteiger partial charge is 0.384 e. The molecule has 0 aliphatic heterocycles. The summed E-state index contributed by atoms with van der Waals surface area (Å²) < 4.78 is 0. The Morgan fingerprint density at radius 2 is 2.20 bits per heavy atom. The summed E-state index contributed by atoms with van der Waals surface area (Å²) in [5, 5.41) is 12.3. The van der Waals surface area contributed by atoms with E-state index >= 15 is 0 Å². The number of hydrogen-bond donors (Lipinski definition) is 1. The van der Waals surface area contributed by atoms with Crippen LogP contribution < -0.4 is 5.32 Å². The highest BCUT2D eigenvalue weighted by Crippen LogP contribution is 2.36. The molecular formula is C13H16N2. The van der Waals surface area contributed by atoms with Gasteiger partial charge in [0.2, 0.25) is 0 Å². The van der Waals surface area contributed by atoms with Gasteiger partial charge in [-0.3, -0.25) is 0 Å². The first-order valence-corrected chi connectivity index (χ1v) is 5.54. The lowest BCUT2D eigenvalue weighted by Gasteiger charge is -2.13. The number of nitrogens with zero attached hydrogens (tertiary/aromatic N) is 1. The molecule has 0 saturated heterocycles. The second-order valence-corrected chi connectivity index (χ2v) is 4.35. The normalized spacial score (nSPS) is 16.8. The predicted octanol–water partition coefficient (Wildman–Crippen LogP) is 3.02. The zero-order valence-electron chi connectivity index (χ0n) is 9.03. The van der Waals surface area contributed by atoms with Crippen molar-refractivity contribution in [3.05, 3.63) is 29.8 Å². The molecule has 1 atom stereocenters. The van der Waals surface area contributed by atoms with E-state index in [0.29, 0.717) is 0 Å². The number of nitrogens with one attached hydrogen (secondary N) is 1. The Labute approximate surface area is 90.9 Å². The van der Waals surface area contributed by atoms with Gasteiger partial charge < -0.3 is 5.32 Å². The van der Waals surface area contributed by atoms with Crippen molar-refractivity contribution in [3.8, 4) is 6.07 Å². The van der Waals surface area contributed by atoms with Crippen LogP contribution >= 0.6 is 0 Å².